The van der Waals surface area contributed by atoms with Crippen LogP contribution in [0.2, 0.25) is 0 Å². The van der Waals surface area contributed by atoms with Crippen molar-refractivity contribution >= 4 is 17.8 Å². The molecular weight excluding hydrogens is 289 g/mol. The van der Waals surface area contributed by atoms with Crippen LogP contribution in [0.25, 0.3) is 0 Å². The molecule has 110 valence electrons. The lowest BCUT2D eigenvalue weighted by Gasteiger charge is -2.19. The summed E-state index contributed by atoms with van der Waals surface area (Å²) in [6.07, 6.45) is 4.98. The quantitative estimate of drug-likeness (QED) is 0.674. The van der Waals surface area contributed by atoms with E-state index in [1.807, 2.05) is 72.8 Å². The Morgan fingerprint density at radius 2 is 1.23 bits per heavy atom. The summed E-state index contributed by atoms with van der Waals surface area (Å²) < 4.78 is 13.8. The molecule has 0 atom stereocenters. The first-order valence-corrected chi connectivity index (χ1v) is 9.27. The summed E-state index contributed by atoms with van der Waals surface area (Å²) in [5.74, 6) is 0. The Balaban J connectivity index is 1.95. The molecule has 0 N–H and O–H groups in total. The predicted octanol–water partition coefficient (Wildman–Crippen LogP) is 3.64. The lowest BCUT2D eigenvalue weighted by atomic mass is 10.2. The van der Waals surface area contributed by atoms with Gasteiger partial charge in [0, 0.05) is 29.2 Å². The van der Waals surface area contributed by atoms with Crippen molar-refractivity contribution < 1.29 is 4.57 Å². The molecule has 1 heterocycles. The molecule has 3 heteroatoms. The number of aryl methyl sites for hydroxylation is 1. The molecule has 0 aliphatic carbocycles. The van der Waals surface area contributed by atoms with Gasteiger partial charge in [0.05, 0.1) is 0 Å². The fourth-order valence-electron chi connectivity index (χ4n) is 2.58. The van der Waals surface area contributed by atoms with Crippen LogP contribution in [-0.2, 0) is 11.0 Å². The van der Waals surface area contributed by atoms with Gasteiger partial charge in [-0.25, -0.2) is 0 Å². The molecule has 0 amide bonds. The summed E-state index contributed by atoms with van der Waals surface area (Å²) in [6.45, 7) is 0. The van der Waals surface area contributed by atoms with E-state index in [-0.39, 0.29) is 0 Å². The fourth-order valence-corrected chi connectivity index (χ4v) is 5.28. The molecule has 0 bridgehead atoms. The maximum absolute atomic E-state index is 13.8. The third kappa shape index (κ3) is 3.18. The predicted molar refractivity (Wildman–Crippen MR) is 92.6 cm³/mol. The summed E-state index contributed by atoms with van der Waals surface area (Å²) in [5.41, 5.74) is 1.17. The Kier molecular flexibility index (Phi) is 4.50. The molecule has 0 unspecified atom stereocenters. The van der Waals surface area contributed by atoms with Gasteiger partial charge in [-0.05, 0) is 24.1 Å². The molecule has 0 radical (unpaired) electrons. The van der Waals surface area contributed by atoms with Crippen molar-refractivity contribution in [3.05, 3.63) is 90.8 Å². The van der Waals surface area contributed by atoms with Crippen molar-refractivity contribution in [3.63, 3.8) is 0 Å². The molecule has 0 saturated carbocycles. The first-order chi connectivity index (χ1) is 10.8. The number of nitrogens with zero attached hydrogens (tertiary/aromatic N) is 1. The van der Waals surface area contributed by atoms with E-state index in [1.165, 1.54) is 5.56 Å². The maximum Gasteiger partial charge on any atom is 0.143 e. The van der Waals surface area contributed by atoms with E-state index in [4.69, 9.17) is 0 Å². The van der Waals surface area contributed by atoms with E-state index in [1.54, 1.807) is 12.4 Å². The standard InChI is InChI=1S/C19H18NOP/c21-22(18-7-3-1-4-8-18,19-9-5-2-6-10-19)16-13-17-11-14-20-15-12-17/h1-12,14-15H,13,16H2. The zero-order chi connectivity index (χ0) is 15.3. The number of benzene rings is 2. The molecule has 0 spiro atoms. The smallest absolute Gasteiger partial charge is 0.143 e. The number of rotatable bonds is 5. The second-order valence-electron chi connectivity index (χ2n) is 5.24. The van der Waals surface area contributed by atoms with Gasteiger partial charge in [-0.1, -0.05) is 60.7 Å². The molecular formula is C19H18NOP. The van der Waals surface area contributed by atoms with Crippen LogP contribution in [0.5, 0.6) is 0 Å². The second-order valence-corrected chi connectivity index (χ2v) is 8.20. The minimum Gasteiger partial charge on any atom is -0.314 e. The topological polar surface area (TPSA) is 30.0 Å². The van der Waals surface area contributed by atoms with Crippen molar-refractivity contribution in [2.45, 2.75) is 6.42 Å². The molecule has 2 aromatic carbocycles. The Morgan fingerprint density at radius 3 is 1.73 bits per heavy atom. The zero-order valence-electron chi connectivity index (χ0n) is 12.3. The van der Waals surface area contributed by atoms with Crippen LogP contribution in [-0.4, -0.2) is 11.1 Å². The number of pyridine rings is 1. The number of aromatic nitrogens is 1. The van der Waals surface area contributed by atoms with Gasteiger partial charge in [0.25, 0.3) is 0 Å². The summed E-state index contributed by atoms with van der Waals surface area (Å²) in [7, 11) is -2.61. The summed E-state index contributed by atoms with van der Waals surface area (Å²) >= 11 is 0. The Hall–Kier alpha value is -2.18. The lowest BCUT2D eigenvalue weighted by molar-refractivity contribution is 0.586. The van der Waals surface area contributed by atoms with E-state index in [0.717, 1.165) is 17.0 Å². The number of hydrogen-bond donors (Lipinski definition) is 0. The van der Waals surface area contributed by atoms with Gasteiger partial charge < -0.3 is 4.57 Å². The lowest BCUT2D eigenvalue weighted by Crippen LogP contribution is -2.19. The minimum atomic E-state index is -2.61. The summed E-state index contributed by atoms with van der Waals surface area (Å²) in [4.78, 5) is 4.04. The molecule has 22 heavy (non-hydrogen) atoms. The van der Waals surface area contributed by atoms with E-state index >= 15 is 0 Å². The molecule has 1 aromatic heterocycles. The molecule has 0 saturated heterocycles. The van der Waals surface area contributed by atoms with Crippen molar-refractivity contribution in [1.29, 1.82) is 0 Å². The molecule has 3 rings (SSSR count). The van der Waals surface area contributed by atoms with Crippen molar-refractivity contribution in [1.82, 2.24) is 4.98 Å². The van der Waals surface area contributed by atoms with Crippen molar-refractivity contribution in [2.24, 2.45) is 0 Å². The zero-order valence-corrected chi connectivity index (χ0v) is 13.2. The van der Waals surface area contributed by atoms with E-state index in [9.17, 15) is 4.57 Å². The number of hydrogen-bond acceptors (Lipinski definition) is 2. The first kappa shape index (κ1) is 14.7. The average Bonchev–Trinajstić information content (AvgIpc) is 2.62. The van der Waals surface area contributed by atoms with E-state index in [0.29, 0.717) is 6.16 Å². The van der Waals surface area contributed by atoms with Crippen LogP contribution in [0.15, 0.2) is 85.2 Å². The highest BCUT2D eigenvalue weighted by molar-refractivity contribution is 7.78. The van der Waals surface area contributed by atoms with Crippen molar-refractivity contribution in [3.8, 4) is 0 Å². The van der Waals surface area contributed by atoms with Crippen LogP contribution in [0.1, 0.15) is 5.56 Å². The first-order valence-electron chi connectivity index (χ1n) is 7.38. The highest BCUT2D eigenvalue weighted by atomic mass is 31.2. The maximum atomic E-state index is 13.8. The van der Waals surface area contributed by atoms with Gasteiger partial charge in [-0.2, -0.15) is 0 Å². The van der Waals surface area contributed by atoms with E-state index < -0.39 is 7.14 Å². The third-order valence-electron chi connectivity index (χ3n) is 3.81. The average molecular weight is 307 g/mol. The van der Waals surface area contributed by atoms with Crippen LogP contribution in [0, 0.1) is 0 Å². The molecule has 0 fully saturated rings. The summed E-state index contributed by atoms with van der Waals surface area (Å²) in [6, 6.07) is 23.6. The highest BCUT2D eigenvalue weighted by Crippen LogP contribution is 2.43. The van der Waals surface area contributed by atoms with Crippen LogP contribution in [0.3, 0.4) is 0 Å². The van der Waals surface area contributed by atoms with Gasteiger partial charge in [0.15, 0.2) is 0 Å². The van der Waals surface area contributed by atoms with Crippen LogP contribution in [0.4, 0.5) is 0 Å². The van der Waals surface area contributed by atoms with Gasteiger partial charge in [0.2, 0.25) is 0 Å². The molecule has 2 nitrogen and oxygen atoms in total. The largest absolute Gasteiger partial charge is 0.314 e. The molecule has 0 aliphatic rings. The highest BCUT2D eigenvalue weighted by Gasteiger charge is 2.26. The Labute approximate surface area is 131 Å². The second kappa shape index (κ2) is 6.72. The third-order valence-corrected chi connectivity index (χ3v) is 6.93. The van der Waals surface area contributed by atoms with Gasteiger partial charge in [-0.15, -0.1) is 0 Å². The molecule has 0 aliphatic heterocycles. The minimum absolute atomic E-state index is 0.630. The summed E-state index contributed by atoms with van der Waals surface area (Å²) in [5, 5.41) is 1.85. The Morgan fingerprint density at radius 1 is 0.727 bits per heavy atom. The van der Waals surface area contributed by atoms with Gasteiger partial charge >= 0.3 is 0 Å². The van der Waals surface area contributed by atoms with Gasteiger partial charge in [0.1, 0.15) is 7.14 Å². The van der Waals surface area contributed by atoms with Crippen molar-refractivity contribution in [2.75, 3.05) is 6.16 Å². The molecule has 3 aromatic rings. The van der Waals surface area contributed by atoms with E-state index in [2.05, 4.69) is 4.98 Å². The van der Waals surface area contributed by atoms with Crippen LogP contribution < -0.4 is 10.6 Å². The monoisotopic (exact) mass is 307 g/mol. The van der Waals surface area contributed by atoms with Crippen LogP contribution >= 0.6 is 7.14 Å². The SMILES string of the molecule is O=P(CCc1ccncc1)(c1ccccc1)c1ccccc1. The fraction of sp³-hybridized carbons (Fsp3) is 0.105. The Bertz CT molecular complexity index is 714. The van der Waals surface area contributed by atoms with Gasteiger partial charge in [-0.3, -0.25) is 4.98 Å². The normalized spacial score (nSPS) is 11.3.